The molecule has 2 aliphatic heterocycles. The van der Waals surface area contributed by atoms with Crippen LogP contribution >= 0.6 is 0 Å². The van der Waals surface area contributed by atoms with Crippen molar-refractivity contribution in [2.24, 2.45) is 16.6 Å². The summed E-state index contributed by atoms with van der Waals surface area (Å²) in [6, 6.07) is 5.79. The van der Waals surface area contributed by atoms with Crippen LogP contribution in [0.15, 0.2) is 41.5 Å². The fourth-order valence-corrected chi connectivity index (χ4v) is 3.87. The topological polar surface area (TPSA) is 74.1 Å². The van der Waals surface area contributed by atoms with Crippen molar-refractivity contribution in [3.63, 3.8) is 0 Å². The van der Waals surface area contributed by atoms with Crippen molar-refractivity contribution in [2.75, 3.05) is 13.2 Å². The minimum absolute atomic E-state index is 0.0611. The van der Waals surface area contributed by atoms with Crippen LogP contribution in [0.3, 0.4) is 0 Å². The van der Waals surface area contributed by atoms with Crippen molar-refractivity contribution in [2.45, 2.75) is 17.8 Å². The Morgan fingerprint density at radius 1 is 1.28 bits per heavy atom. The number of alkyl halides is 3. The third-order valence-corrected chi connectivity index (χ3v) is 5.38. The second-order valence-corrected chi connectivity index (χ2v) is 7.31. The number of aliphatic imine (C=N–C) groups is 1. The van der Waals surface area contributed by atoms with Crippen molar-refractivity contribution in [1.82, 2.24) is 4.98 Å². The van der Waals surface area contributed by atoms with Crippen molar-refractivity contribution in [3.8, 4) is 0 Å². The summed E-state index contributed by atoms with van der Waals surface area (Å²) in [6.07, 6.45) is -4.69. The summed E-state index contributed by atoms with van der Waals surface area (Å²) in [6.45, 7) is 5.86. The van der Waals surface area contributed by atoms with Crippen molar-refractivity contribution >= 4 is 23.6 Å². The first-order chi connectivity index (χ1) is 15.1. The zero-order valence-corrected chi connectivity index (χ0v) is 16.2. The van der Waals surface area contributed by atoms with E-state index in [1.807, 2.05) is 0 Å². The van der Waals surface area contributed by atoms with E-state index in [1.54, 1.807) is 0 Å². The second kappa shape index (κ2) is 7.87. The van der Waals surface area contributed by atoms with Gasteiger partial charge in [0.05, 0.1) is 31.4 Å². The number of fused-ring (bicyclic) bond motifs is 1. The van der Waals surface area contributed by atoms with Gasteiger partial charge in [-0.2, -0.15) is 13.2 Å². The molecule has 1 saturated heterocycles. The molecular weight excluding hydrogens is 435 g/mol. The molecule has 4 rings (SSSR count). The smallest absolute Gasteiger partial charge is 0.415 e. The van der Waals surface area contributed by atoms with Gasteiger partial charge in [0.15, 0.2) is 6.10 Å². The largest absolute Gasteiger partial charge is 0.465 e. The first-order valence-corrected chi connectivity index (χ1v) is 9.31. The fourth-order valence-electron chi connectivity index (χ4n) is 3.87. The Morgan fingerprint density at radius 2 is 2.06 bits per heavy atom. The summed E-state index contributed by atoms with van der Waals surface area (Å²) < 4.78 is 79.9. The lowest BCUT2D eigenvalue weighted by molar-refractivity contribution is -0.219. The van der Waals surface area contributed by atoms with E-state index in [0.717, 1.165) is 12.1 Å². The molecule has 1 fully saturated rings. The predicted molar refractivity (Wildman–Crippen MR) is 104 cm³/mol. The van der Waals surface area contributed by atoms with E-state index in [1.165, 1.54) is 30.5 Å². The number of amidine groups is 1. The maximum atomic E-state index is 14.8. The third-order valence-electron chi connectivity index (χ3n) is 5.38. The van der Waals surface area contributed by atoms with Crippen molar-refractivity contribution in [1.29, 1.82) is 0 Å². The van der Waals surface area contributed by atoms with Gasteiger partial charge in [-0.3, -0.25) is 4.98 Å². The fraction of sp³-hybridized carbons (Fsp3) is 0.286. The van der Waals surface area contributed by atoms with E-state index < -0.39 is 48.6 Å². The van der Waals surface area contributed by atoms with Gasteiger partial charge in [0.1, 0.15) is 17.2 Å². The average Bonchev–Trinajstić information content (AvgIpc) is 3.15. The zero-order valence-electron chi connectivity index (χ0n) is 16.2. The molecule has 2 aliphatic rings. The monoisotopic (exact) mass is 450 g/mol. The van der Waals surface area contributed by atoms with Crippen molar-refractivity contribution in [3.05, 3.63) is 70.6 Å². The van der Waals surface area contributed by atoms with E-state index in [9.17, 15) is 22.0 Å². The predicted octanol–water partition coefficient (Wildman–Crippen LogP) is 4.36. The molecule has 3 atom stereocenters. The molecule has 0 aliphatic carbocycles. The van der Waals surface area contributed by atoms with Gasteiger partial charge in [-0.15, -0.1) is 0 Å². The number of aromatic nitrogens is 1. The molecule has 0 saturated carbocycles. The van der Waals surface area contributed by atoms with Crippen LogP contribution in [0.5, 0.6) is 0 Å². The number of pyridine rings is 1. The second-order valence-electron chi connectivity index (χ2n) is 7.31. The third kappa shape index (κ3) is 3.78. The van der Waals surface area contributed by atoms with Gasteiger partial charge < -0.3 is 15.2 Å². The van der Waals surface area contributed by atoms with E-state index in [-0.39, 0.29) is 28.5 Å². The van der Waals surface area contributed by atoms with Gasteiger partial charge in [0.25, 0.3) is 6.02 Å². The summed E-state index contributed by atoms with van der Waals surface area (Å²) >= 11 is 0. The SMILES string of the molecule is [C-]#[N+]c1ccc(/C(F)=C/c2ccc(F)c([C@@]34CO[C@@H](C(F)(F)F)[C@@H]3COC(N)=N4)c2)nc1. The van der Waals surface area contributed by atoms with Gasteiger partial charge in [0, 0.05) is 11.8 Å². The number of ether oxygens (including phenoxy) is 2. The number of nitrogens with two attached hydrogens (primary N) is 1. The Morgan fingerprint density at radius 3 is 2.72 bits per heavy atom. The van der Waals surface area contributed by atoms with Gasteiger partial charge in [-0.1, -0.05) is 12.1 Å². The highest BCUT2D eigenvalue weighted by Crippen LogP contribution is 2.50. The van der Waals surface area contributed by atoms with Crippen LogP contribution in [0.25, 0.3) is 16.7 Å². The minimum atomic E-state index is -4.72. The Bertz CT molecular complexity index is 1140. The Hall–Kier alpha value is -3.52. The number of hydrogen-bond acceptors (Lipinski definition) is 5. The zero-order chi connectivity index (χ0) is 23.1. The lowest BCUT2D eigenvalue weighted by Crippen LogP contribution is -2.48. The molecule has 0 unspecified atom stereocenters. The molecule has 2 N–H and O–H groups in total. The summed E-state index contributed by atoms with van der Waals surface area (Å²) in [5.74, 6) is -2.99. The minimum Gasteiger partial charge on any atom is -0.465 e. The highest BCUT2D eigenvalue weighted by molar-refractivity contribution is 5.76. The number of rotatable bonds is 3. The molecule has 1 aromatic heterocycles. The Labute approximate surface area is 179 Å². The summed E-state index contributed by atoms with van der Waals surface area (Å²) in [4.78, 5) is 11.0. The number of benzene rings is 1. The highest BCUT2D eigenvalue weighted by atomic mass is 19.4. The average molecular weight is 450 g/mol. The standard InChI is InChI=1S/C21H15F5N4O2/c1-28-12-3-5-17(29-8-12)16(23)7-11-2-4-15(22)13(6-11)20-10-32-18(21(24,25)26)14(20)9-31-19(27)30-20/h2-8,14,18H,9-10H2,(H2,27,30)/b16-7-/t14-,18+,20-/m0/s1. The van der Waals surface area contributed by atoms with Crippen molar-refractivity contribution < 1.29 is 31.4 Å². The van der Waals surface area contributed by atoms with Crippen LogP contribution in [-0.2, 0) is 15.0 Å². The first kappa shape index (κ1) is 21.7. The Kier molecular flexibility index (Phi) is 5.34. The molecular formula is C21H15F5N4O2. The quantitative estimate of drug-likeness (QED) is 0.557. The summed E-state index contributed by atoms with van der Waals surface area (Å²) in [5, 5.41) is 0. The normalized spacial score (nSPS) is 25.5. The molecule has 11 heteroatoms. The molecule has 0 spiro atoms. The lowest BCUT2D eigenvalue weighted by Gasteiger charge is -2.36. The molecule has 0 bridgehead atoms. The summed E-state index contributed by atoms with van der Waals surface area (Å²) in [5.41, 5.74) is 3.95. The molecule has 2 aromatic rings. The number of nitrogens with zero attached hydrogens (tertiary/aromatic N) is 3. The number of halogens is 5. The van der Waals surface area contributed by atoms with Crippen LogP contribution in [-0.4, -0.2) is 36.5 Å². The molecule has 32 heavy (non-hydrogen) atoms. The van der Waals surface area contributed by atoms with Gasteiger partial charge in [-0.05, 0) is 29.8 Å². The molecule has 6 nitrogen and oxygen atoms in total. The molecule has 0 radical (unpaired) electrons. The van der Waals surface area contributed by atoms with Crippen LogP contribution in [0.1, 0.15) is 16.8 Å². The van der Waals surface area contributed by atoms with Crippen LogP contribution in [0.2, 0.25) is 0 Å². The van der Waals surface area contributed by atoms with E-state index in [2.05, 4.69) is 14.8 Å². The van der Waals surface area contributed by atoms with Gasteiger partial charge >= 0.3 is 6.18 Å². The van der Waals surface area contributed by atoms with Crippen LogP contribution in [0.4, 0.5) is 27.6 Å². The molecule has 166 valence electrons. The Balaban J connectivity index is 1.76. The van der Waals surface area contributed by atoms with Crippen LogP contribution < -0.4 is 5.73 Å². The first-order valence-electron chi connectivity index (χ1n) is 9.31. The van der Waals surface area contributed by atoms with E-state index >= 15 is 0 Å². The van der Waals surface area contributed by atoms with E-state index in [4.69, 9.17) is 21.8 Å². The lowest BCUT2D eigenvalue weighted by atomic mass is 9.77. The highest BCUT2D eigenvalue weighted by Gasteiger charge is 2.62. The maximum Gasteiger partial charge on any atom is 0.415 e. The number of hydrogen-bond donors (Lipinski definition) is 1. The molecule has 1 aromatic carbocycles. The molecule has 0 amide bonds. The molecule has 3 heterocycles. The van der Waals surface area contributed by atoms with Crippen LogP contribution in [0, 0.1) is 18.3 Å². The van der Waals surface area contributed by atoms with Gasteiger partial charge in [0.2, 0.25) is 5.69 Å². The maximum absolute atomic E-state index is 14.8. The summed E-state index contributed by atoms with van der Waals surface area (Å²) in [7, 11) is 0. The van der Waals surface area contributed by atoms with E-state index in [0.29, 0.717) is 0 Å². The van der Waals surface area contributed by atoms with Gasteiger partial charge in [-0.25, -0.2) is 18.6 Å².